The summed E-state index contributed by atoms with van der Waals surface area (Å²) in [5.41, 5.74) is 0. The van der Waals surface area contributed by atoms with E-state index in [-0.39, 0.29) is 12.7 Å². The molecule has 72 valence electrons. The molecule has 2 heteroatoms. The monoisotopic (exact) mass is 173 g/mol. The van der Waals surface area contributed by atoms with Gasteiger partial charge in [0.05, 0.1) is 0 Å². The van der Waals surface area contributed by atoms with Gasteiger partial charge in [-0.05, 0) is 33.2 Å². The molecule has 0 aromatic heterocycles. The van der Waals surface area contributed by atoms with Crippen LogP contribution >= 0.6 is 0 Å². The van der Waals surface area contributed by atoms with Crippen LogP contribution in [-0.2, 0) is 0 Å². The van der Waals surface area contributed by atoms with Crippen LogP contribution in [-0.4, -0.2) is 30.2 Å². The first-order valence-corrected chi connectivity index (χ1v) is 5.07. The summed E-state index contributed by atoms with van der Waals surface area (Å²) in [5, 5.41) is 0. The summed E-state index contributed by atoms with van der Waals surface area (Å²) in [5.74, 6) is 0. The Balaban J connectivity index is 2.51. The fraction of sp³-hybridized carbons (Fsp3) is 1.00. The van der Waals surface area contributed by atoms with Gasteiger partial charge >= 0.3 is 0 Å². The fourth-order valence-electron chi connectivity index (χ4n) is 2.05. The normalized spacial score (nSPS) is 27.5. The molecule has 1 nitrogen and oxygen atoms in total. The minimum atomic E-state index is -0.168. The number of hydrogen-bond donors (Lipinski definition) is 0. The van der Waals surface area contributed by atoms with Crippen LogP contribution < -0.4 is 0 Å². The zero-order chi connectivity index (χ0) is 8.97. The van der Waals surface area contributed by atoms with Gasteiger partial charge < -0.3 is 0 Å². The quantitative estimate of drug-likeness (QED) is 0.620. The van der Waals surface area contributed by atoms with E-state index in [1.807, 2.05) is 0 Å². The maximum absolute atomic E-state index is 12.6. The van der Waals surface area contributed by atoms with Crippen LogP contribution in [0.25, 0.3) is 0 Å². The third kappa shape index (κ3) is 2.44. The second kappa shape index (κ2) is 4.80. The van der Waals surface area contributed by atoms with Gasteiger partial charge in [0.25, 0.3) is 0 Å². The fourth-order valence-corrected chi connectivity index (χ4v) is 2.05. The molecule has 12 heavy (non-hydrogen) atoms. The van der Waals surface area contributed by atoms with E-state index in [4.69, 9.17) is 0 Å². The Labute approximate surface area is 74.9 Å². The number of alkyl halides is 1. The van der Waals surface area contributed by atoms with Crippen LogP contribution in [0.2, 0.25) is 0 Å². The Bertz CT molecular complexity index is 125. The molecule has 0 radical (unpaired) electrons. The molecule has 0 amide bonds. The van der Waals surface area contributed by atoms with E-state index in [1.54, 1.807) is 0 Å². The van der Waals surface area contributed by atoms with E-state index in [1.165, 1.54) is 19.3 Å². The van der Waals surface area contributed by atoms with Gasteiger partial charge in [-0.2, -0.15) is 0 Å². The minimum Gasteiger partial charge on any atom is -0.295 e. The van der Waals surface area contributed by atoms with E-state index < -0.39 is 0 Å². The molecule has 1 fully saturated rings. The maximum atomic E-state index is 12.6. The highest BCUT2D eigenvalue weighted by atomic mass is 19.1. The Hall–Kier alpha value is -0.110. The lowest BCUT2D eigenvalue weighted by Crippen LogP contribution is -2.41. The first-order chi connectivity index (χ1) is 5.75. The number of nitrogens with zero attached hydrogens (tertiary/aromatic N) is 1. The van der Waals surface area contributed by atoms with Gasteiger partial charge in [-0.3, -0.25) is 4.90 Å². The molecule has 1 heterocycles. The molecule has 1 rings (SSSR count). The Morgan fingerprint density at radius 3 is 2.67 bits per heavy atom. The van der Waals surface area contributed by atoms with E-state index in [0.717, 1.165) is 13.0 Å². The van der Waals surface area contributed by atoms with E-state index >= 15 is 0 Å². The van der Waals surface area contributed by atoms with Crippen LogP contribution in [0.4, 0.5) is 4.39 Å². The van der Waals surface area contributed by atoms with Gasteiger partial charge in [0.2, 0.25) is 0 Å². The first-order valence-electron chi connectivity index (χ1n) is 5.07. The molecule has 1 aliphatic rings. The maximum Gasteiger partial charge on any atom is 0.105 e. The average Bonchev–Trinajstić information content (AvgIpc) is 2.27. The molecule has 0 aliphatic carbocycles. The molecule has 0 spiro atoms. The van der Waals surface area contributed by atoms with Crippen LogP contribution in [0, 0.1) is 0 Å². The molecule has 1 saturated heterocycles. The third-order valence-electron chi connectivity index (χ3n) is 2.76. The topological polar surface area (TPSA) is 3.24 Å². The number of likely N-dealkylation sites (tertiary alicyclic amines) is 1. The first kappa shape index (κ1) is 9.97. The van der Waals surface area contributed by atoms with Gasteiger partial charge in [-0.25, -0.2) is 4.39 Å². The van der Waals surface area contributed by atoms with Crippen LogP contribution in [0.1, 0.15) is 39.5 Å². The van der Waals surface area contributed by atoms with Crippen molar-refractivity contribution in [1.29, 1.82) is 0 Å². The van der Waals surface area contributed by atoms with Crippen molar-refractivity contribution in [2.45, 2.75) is 51.6 Å². The molecule has 0 saturated carbocycles. The predicted molar refractivity (Wildman–Crippen MR) is 50.1 cm³/mol. The Kier molecular flexibility index (Phi) is 3.99. The van der Waals surface area contributed by atoms with Crippen LogP contribution in [0.5, 0.6) is 0 Å². The summed E-state index contributed by atoms with van der Waals surface area (Å²) < 4.78 is 12.6. The van der Waals surface area contributed by atoms with Crippen molar-refractivity contribution in [1.82, 2.24) is 4.90 Å². The summed E-state index contributed by atoms with van der Waals surface area (Å²) in [4.78, 5) is 2.31. The van der Waals surface area contributed by atoms with E-state index in [2.05, 4.69) is 18.7 Å². The molecule has 1 aliphatic heterocycles. The van der Waals surface area contributed by atoms with Crippen molar-refractivity contribution in [3.8, 4) is 0 Å². The van der Waals surface area contributed by atoms with Crippen molar-refractivity contribution in [3.05, 3.63) is 0 Å². The van der Waals surface area contributed by atoms with E-state index in [9.17, 15) is 4.39 Å². The van der Waals surface area contributed by atoms with Gasteiger partial charge in [0.1, 0.15) is 6.67 Å². The Morgan fingerprint density at radius 1 is 1.33 bits per heavy atom. The van der Waals surface area contributed by atoms with Gasteiger partial charge in [-0.15, -0.1) is 0 Å². The highest BCUT2D eigenvalue weighted by Crippen LogP contribution is 2.19. The number of halogens is 1. The van der Waals surface area contributed by atoms with E-state index in [0.29, 0.717) is 6.04 Å². The summed E-state index contributed by atoms with van der Waals surface area (Å²) >= 11 is 0. The largest absolute Gasteiger partial charge is 0.295 e. The lowest BCUT2D eigenvalue weighted by molar-refractivity contribution is 0.132. The lowest BCUT2D eigenvalue weighted by Gasteiger charge is -2.31. The molecular formula is C10H20FN. The van der Waals surface area contributed by atoms with Crippen molar-refractivity contribution in [3.63, 3.8) is 0 Å². The summed E-state index contributed by atoms with van der Waals surface area (Å²) in [6, 6.07) is 0.705. The van der Waals surface area contributed by atoms with Crippen molar-refractivity contribution in [2.75, 3.05) is 13.2 Å². The third-order valence-corrected chi connectivity index (χ3v) is 2.76. The van der Waals surface area contributed by atoms with Gasteiger partial charge in [0.15, 0.2) is 0 Å². The molecule has 0 N–H and O–H groups in total. The molecule has 1 atom stereocenters. The highest BCUT2D eigenvalue weighted by Gasteiger charge is 2.22. The van der Waals surface area contributed by atoms with Gasteiger partial charge in [-0.1, -0.05) is 12.8 Å². The second-order valence-corrected chi connectivity index (χ2v) is 3.99. The number of hydrogen-bond acceptors (Lipinski definition) is 1. The smallest absolute Gasteiger partial charge is 0.105 e. The summed E-state index contributed by atoms with van der Waals surface area (Å²) in [6.45, 7) is 5.24. The molecule has 0 bridgehead atoms. The Morgan fingerprint density at radius 2 is 2.08 bits per heavy atom. The standard InChI is InChI=1S/C10H20FN/c1-9(2)12-7-5-3-4-6-10(12)8-11/h9-10H,3-8H2,1-2H3/t10-/m0/s1. The van der Waals surface area contributed by atoms with Gasteiger partial charge in [0, 0.05) is 12.1 Å². The minimum absolute atomic E-state index is 0.168. The molecule has 0 aromatic rings. The lowest BCUT2D eigenvalue weighted by atomic mass is 10.1. The molecule has 0 unspecified atom stereocenters. The zero-order valence-corrected chi connectivity index (χ0v) is 8.22. The summed E-state index contributed by atoms with van der Waals surface area (Å²) in [7, 11) is 0. The molecular weight excluding hydrogens is 153 g/mol. The second-order valence-electron chi connectivity index (χ2n) is 3.99. The SMILES string of the molecule is CC(C)N1CCCCC[C@H]1CF. The predicted octanol–water partition coefficient (Wildman–Crippen LogP) is 2.61. The average molecular weight is 173 g/mol. The van der Waals surface area contributed by atoms with Crippen LogP contribution in [0.15, 0.2) is 0 Å². The summed E-state index contributed by atoms with van der Waals surface area (Å²) in [6.07, 6.45) is 4.78. The van der Waals surface area contributed by atoms with Crippen molar-refractivity contribution >= 4 is 0 Å². The van der Waals surface area contributed by atoms with Crippen molar-refractivity contribution in [2.24, 2.45) is 0 Å². The zero-order valence-electron chi connectivity index (χ0n) is 8.22. The van der Waals surface area contributed by atoms with Crippen molar-refractivity contribution < 1.29 is 4.39 Å². The molecule has 0 aromatic carbocycles. The highest BCUT2D eigenvalue weighted by molar-refractivity contribution is 4.77. The number of rotatable bonds is 2. The van der Waals surface area contributed by atoms with Crippen LogP contribution in [0.3, 0.4) is 0 Å².